The van der Waals surface area contributed by atoms with Gasteiger partial charge in [-0.05, 0) is 18.6 Å². The molecule has 0 atom stereocenters. The summed E-state index contributed by atoms with van der Waals surface area (Å²) in [7, 11) is 1.36. The molecular formula is C9H9ClFNO5S. The number of ether oxygens (including phenoxy) is 1. The summed E-state index contributed by atoms with van der Waals surface area (Å²) < 4.78 is 39.0. The predicted octanol–water partition coefficient (Wildman–Crippen LogP) is 2.07. The van der Waals surface area contributed by atoms with Crippen molar-refractivity contribution in [3.05, 3.63) is 34.1 Å². The molecule has 0 saturated heterocycles. The molecule has 100 valence electrons. The number of nitro benzene ring substituents is 1. The first-order chi connectivity index (χ1) is 8.29. The van der Waals surface area contributed by atoms with Gasteiger partial charge in [-0.25, -0.2) is 12.8 Å². The zero-order valence-electron chi connectivity index (χ0n) is 9.01. The molecule has 6 nitrogen and oxygen atoms in total. The number of halogens is 2. The van der Waals surface area contributed by atoms with E-state index in [1.807, 2.05) is 0 Å². The zero-order valence-corrected chi connectivity index (χ0v) is 10.6. The molecule has 0 spiro atoms. The van der Waals surface area contributed by atoms with Crippen LogP contribution in [0.15, 0.2) is 18.2 Å². The highest BCUT2D eigenvalue weighted by molar-refractivity contribution is 8.13. The van der Waals surface area contributed by atoms with E-state index < -0.39 is 25.5 Å². The average Bonchev–Trinajstić information content (AvgIpc) is 2.24. The number of hydrogen-bond acceptors (Lipinski definition) is 5. The molecule has 0 aliphatic carbocycles. The third-order valence-corrected chi connectivity index (χ3v) is 3.15. The van der Waals surface area contributed by atoms with Crippen LogP contribution in [0.5, 0.6) is 5.75 Å². The molecule has 18 heavy (non-hydrogen) atoms. The van der Waals surface area contributed by atoms with E-state index in [1.165, 1.54) is 0 Å². The van der Waals surface area contributed by atoms with Gasteiger partial charge >= 0.3 is 5.69 Å². The van der Waals surface area contributed by atoms with Gasteiger partial charge < -0.3 is 4.74 Å². The molecule has 0 amide bonds. The fourth-order valence-corrected chi connectivity index (χ4v) is 1.96. The van der Waals surface area contributed by atoms with Crippen LogP contribution in [0, 0.1) is 15.9 Å². The lowest BCUT2D eigenvalue weighted by Crippen LogP contribution is -2.06. The van der Waals surface area contributed by atoms with Gasteiger partial charge in [-0.3, -0.25) is 10.1 Å². The number of hydrogen-bond donors (Lipinski definition) is 0. The largest absolute Gasteiger partial charge is 0.487 e. The lowest BCUT2D eigenvalue weighted by atomic mass is 10.3. The molecule has 9 heteroatoms. The summed E-state index contributed by atoms with van der Waals surface area (Å²) in [6.45, 7) is -0.0710. The number of rotatable bonds is 6. The summed E-state index contributed by atoms with van der Waals surface area (Å²) >= 11 is 0. The summed E-state index contributed by atoms with van der Waals surface area (Å²) in [5.41, 5.74) is -0.510. The maximum Gasteiger partial charge on any atom is 0.313 e. The maximum atomic E-state index is 12.8. The number of nitrogens with zero attached hydrogens (tertiary/aromatic N) is 1. The van der Waals surface area contributed by atoms with Gasteiger partial charge in [0.2, 0.25) is 9.05 Å². The van der Waals surface area contributed by atoms with E-state index in [1.54, 1.807) is 0 Å². The minimum absolute atomic E-state index is 0.0710. The molecule has 0 saturated carbocycles. The first-order valence-electron chi connectivity index (χ1n) is 4.78. The van der Waals surface area contributed by atoms with Crippen LogP contribution in [0.25, 0.3) is 0 Å². The van der Waals surface area contributed by atoms with Gasteiger partial charge in [0.1, 0.15) is 5.82 Å². The summed E-state index contributed by atoms with van der Waals surface area (Å²) in [6.07, 6.45) is 0.0837. The Morgan fingerprint density at radius 3 is 2.67 bits per heavy atom. The van der Waals surface area contributed by atoms with Crippen LogP contribution in [0.1, 0.15) is 6.42 Å². The molecule has 1 rings (SSSR count). The third kappa shape index (κ3) is 4.84. The third-order valence-electron chi connectivity index (χ3n) is 1.91. The van der Waals surface area contributed by atoms with E-state index in [0.29, 0.717) is 0 Å². The van der Waals surface area contributed by atoms with Crippen LogP contribution >= 0.6 is 10.7 Å². The molecule has 0 aliphatic rings. The van der Waals surface area contributed by atoms with Gasteiger partial charge in [-0.1, -0.05) is 0 Å². The smallest absolute Gasteiger partial charge is 0.313 e. The van der Waals surface area contributed by atoms with Gasteiger partial charge in [0.25, 0.3) is 0 Å². The van der Waals surface area contributed by atoms with Crippen molar-refractivity contribution in [3.63, 3.8) is 0 Å². The van der Waals surface area contributed by atoms with E-state index in [0.717, 1.165) is 18.2 Å². The summed E-state index contributed by atoms with van der Waals surface area (Å²) in [4.78, 5) is 9.83. The molecule has 1 aromatic carbocycles. The van der Waals surface area contributed by atoms with Crippen LogP contribution in [0.4, 0.5) is 10.1 Å². The van der Waals surface area contributed by atoms with Crippen molar-refractivity contribution in [3.8, 4) is 5.75 Å². The van der Waals surface area contributed by atoms with Crippen molar-refractivity contribution in [1.29, 1.82) is 0 Å². The zero-order chi connectivity index (χ0) is 13.8. The minimum atomic E-state index is -3.61. The van der Waals surface area contributed by atoms with Crippen LogP contribution in [0.2, 0.25) is 0 Å². The molecule has 0 aliphatic heterocycles. The van der Waals surface area contributed by atoms with E-state index >= 15 is 0 Å². The van der Waals surface area contributed by atoms with Crippen LogP contribution in [-0.4, -0.2) is 25.7 Å². The quantitative estimate of drug-likeness (QED) is 0.347. The van der Waals surface area contributed by atoms with Crippen LogP contribution < -0.4 is 4.74 Å². The highest BCUT2D eigenvalue weighted by Crippen LogP contribution is 2.27. The van der Waals surface area contributed by atoms with Gasteiger partial charge in [-0.2, -0.15) is 0 Å². The second kappa shape index (κ2) is 5.96. The molecule has 0 radical (unpaired) electrons. The normalized spacial score (nSPS) is 11.2. The Hall–Kier alpha value is -1.41. The Labute approximate surface area is 107 Å². The first-order valence-corrected chi connectivity index (χ1v) is 7.26. The molecule has 0 bridgehead atoms. The highest BCUT2D eigenvalue weighted by Gasteiger charge is 2.16. The molecule has 1 aromatic rings. The maximum absolute atomic E-state index is 12.8. The van der Waals surface area contributed by atoms with Gasteiger partial charge in [-0.15, -0.1) is 0 Å². The Morgan fingerprint density at radius 1 is 1.44 bits per heavy atom. The Balaban J connectivity index is 2.65. The Morgan fingerprint density at radius 2 is 2.11 bits per heavy atom. The Bertz CT molecular complexity index is 548. The fraction of sp³-hybridized carbons (Fsp3) is 0.333. The summed E-state index contributed by atoms with van der Waals surface area (Å²) in [5, 5.41) is 10.6. The monoisotopic (exact) mass is 297 g/mol. The predicted molar refractivity (Wildman–Crippen MR) is 62.8 cm³/mol. The number of benzene rings is 1. The van der Waals surface area contributed by atoms with Crippen molar-refractivity contribution in [2.45, 2.75) is 6.42 Å². The highest BCUT2D eigenvalue weighted by atomic mass is 35.7. The van der Waals surface area contributed by atoms with Crippen molar-refractivity contribution >= 4 is 25.4 Å². The number of nitro groups is 1. The van der Waals surface area contributed by atoms with E-state index in [2.05, 4.69) is 0 Å². The van der Waals surface area contributed by atoms with Crippen LogP contribution in [0.3, 0.4) is 0 Å². The van der Waals surface area contributed by atoms with E-state index in [-0.39, 0.29) is 24.5 Å². The SMILES string of the molecule is O=[N+]([O-])c1cc(F)ccc1OCCCS(=O)(=O)Cl. The van der Waals surface area contributed by atoms with E-state index in [4.69, 9.17) is 15.4 Å². The van der Waals surface area contributed by atoms with Crippen molar-refractivity contribution in [1.82, 2.24) is 0 Å². The summed E-state index contributed by atoms with van der Waals surface area (Å²) in [5.74, 6) is -1.17. The van der Waals surface area contributed by atoms with E-state index in [9.17, 15) is 22.9 Å². The van der Waals surface area contributed by atoms with Gasteiger partial charge in [0.05, 0.1) is 23.3 Å². The van der Waals surface area contributed by atoms with Crippen molar-refractivity contribution < 1.29 is 22.5 Å². The topological polar surface area (TPSA) is 86.5 Å². The Kier molecular flexibility index (Phi) is 4.85. The van der Waals surface area contributed by atoms with Gasteiger partial charge in [0.15, 0.2) is 5.75 Å². The fourth-order valence-electron chi connectivity index (χ4n) is 1.17. The van der Waals surface area contributed by atoms with Crippen molar-refractivity contribution in [2.75, 3.05) is 12.4 Å². The van der Waals surface area contributed by atoms with Crippen molar-refractivity contribution in [2.24, 2.45) is 0 Å². The lowest BCUT2D eigenvalue weighted by Gasteiger charge is -2.05. The molecule has 0 fully saturated rings. The molecule has 0 N–H and O–H groups in total. The lowest BCUT2D eigenvalue weighted by molar-refractivity contribution is -0.386. The first kappa shape index (κ1) is 14.7. The standard InChI is InChI=1S/C9H9ClFNO5S/c10-18(15,16)5-1-4-17-9-3-2-7(11)6-8(9)12(13)14/h2-3,6H,1,4-5H2. The minimum Gasteiger partial charge on any atom is -0.487 e. The van der Waals surface area contributed by atoms with Gasteiger partial charge in [0, 0.05) is 10.7 Å². The van der Waals surface area contributed by atoms with Crippen LogP contribution in [-0.2, 0) is 9.05 Å². The summed E-state index contributed by atoms with van der Waals surface area (Å²) in [6, 6.07) is 2.86. The second-order valence-electron chi connectivity index (χ2n) is 3.31. The second-order valence-corrected chi connectivity index (χ2v) is 6.21. The molecule has 0 unspecified atom stereocenters. The molecule has 0 heterocycles. The average molecular weight is 298 g/mol. The molecular weight excluding hydrogens is 289 g/mol. The molecule has 0 aromatic heterocycles.